The summed E-state index contributed by atoms with van der Waals surface area (Å²) in [6, 6.07) is -12.7. The standard InChI is InChI=1S/C65H116N12O14/c1-25-45-60(85)71(18)35-50(78)72(19)46(31-36(3)4)57(82)70-51(40(11)12)63(88)73(20)47(32-37(5)6)56(81)67-43(16)55(80)68-44(17)59(84)74(21)48(33-38(7)8)61(86)75(22)49(34-39(9)10)62(87)76(23)52(41(13)14)64(89)77(24)53(58(83)69-45)54(79)42(15)29-27-28-30-91-65(90)66-26-2/h27-28,36-49,51-54,79H,25-26,29-35H2,1-24H3,(H,66,90)(H,67,81)(H,68,80)(H,69,83)(H,70,82)/b28-27+/t42-,43+,44-,45+,46+,47?,48+,49+,51+,52+,53?,54-/m1/s1. The molecule has 0 bridgehead atoms. The summed E-state index contributed by atoms with van der Waals surface area (Å²) in [5.74, 6) is -10.4. The number of alkyl carbamates (subject to hydrolysis) is 1. The smallest absolute Gasteiger partial charge is 0.407 e. The number of nitrogens with zero attached hydrogens (tertiary/aromatic N) is 7. The van der Waals surface area contributed by atoms with E-state index in [0.29, 0.717) is 6.54 Å². The fraction of sp³-hybridized carbons (Fsp3) is 0.785. The van der Waals surface area contributed by atoms with Gasteiger partial charge in [0.15, 0.2) is 0 Å². The maximum Gasteiger partial charge on any atom is 0.407 e. The summed E-state index contributed by atoms with van der Waals surface area (Å²) in [6.45, 7) is 29.2. The third-order valence-corrected chi connectivity index (χ3v) is 16.6. The van der Waals surface area contributed by atoms with Gasteiger partial charge < -0.3 is 70.7 Å². The molecule has 520 valence electrons. The number of aliphatic hydroxyl groups is 1. The van der Waals surface area contributed by atoms with Crippen LogP contribution in [0.3, 0.4) is 0 Å². The third kappa shape index (κ3) is 24.3. The topological polar surface area (TPSA) is 317 Å². The molecule has 1 aliphatic rings. The monoisotopic (exact) mass is 1290 g/mol. The number of allylic oxidation sites excluding steroid dienone is 1. The molecule has 1 aliphatic heterocycles. The van der Waals surface area contributed by atoms with Gasteiger partial charge in [-0.2, -0.15) is 0 Å². The van der Waals surface area contributed by atoms with Crippen LogP contribution in [0.4, 0.5) is 4.79 Å². The second-order valence-corrected chi connectivity index (χ2v) is 27.1. The number of amides is 12. The molecule has 0 aliphatic carbocycles. The van der Waals surface area contributed by atoms with Crippen LogP contribution in [-0.4, -0.2) is 246 Å². The molecule has 12 atom stereocenters. The van der Waals surface area contributed by atoms with Crippen molar-refractivity contribution in [3.8, 4) is 0 Å². The van der Waals surface area contributed by atoms with Gasteiger partial charge in [-0.25, -0.2) is 4.79 Å². The van der Waals surface area contributed by atoms with Gasteiger partial charge in [-0.3, -0.25) is 52.7 Å². The Bertz CT molecular complexity index is 2510. The lowest BCUT2D eigenvalue weighted by Crippen LogP contribution is -2.63. The molecular weight excluding hydrogens is 1170 g/mol. The Hall–Kier alpha value is -6.86. The normalized spacial score (nSPS) is 25.8. The minimum Gasteiger partial charge on any atom is -0.445 e. The molecule has 1 fully saturated rings. The Labute approximate surface area is 542 Å². The largest absolute Gasteiger partial charge is 0.445 e. The molecule has 0 saturated carbocycles. The number of carbonyl (C=O) groups excluding carboxylic acids is 12. The highest BCUT2D eigenvalue weighted by Crippen LogP contribution is 2.26. The van der Waals surface area contributed by atoms with E-state index in [1.165, 1.54) is 87.7 Å². The van der Waals surface area contributed by atoms with Crippen LogP contribution in [-0.2, 0) is 57.5 Å². The summed E-state index contributed by atoms with van der Waals surface area (Å²) < 4.78 is 5.14. The van der Waals surface area contributed by atoms with Crippen LogP contribution < -0.4 is 26.6 Å². The highest BCUT2D eigenvalue weighted by atomic mass is 16.5. The molecule has 26 heteroatoms. The first-order chi connectivity index (χ1) is 42.1. The average Bonchev–Trinajstić information content (AvgIpc) is 0.993. The molecule has 26 nitrogen and oxygen atoms in total. The minimum absolute atomic E-state index is 0.0230. The van der Waals surface area contributed by atoms with Gasteiger partial charge in [0.2, 0.25) is 65.0 Å². The van der Waals surface area contributed by atoms with Gasteiger partial charge in [0.1, 0.15) is 67.0 Å². The zero-order chi connectivity index (χ0) is 70.4. The van der Waals surface area contributed by atoms with Crippen LogP contribution in [0.25, 0.3) is 0 Å². The quantitative estimate of drug-likeness (QED) is 0.108. The van der Waals surface area contributed by atoms with Crippen LogP contribution >= 0.6 is 0 Å². The fourth-order valence-corrected chi connectivity index (χ4v) is 11.0. The third-order valence-electron chi connectivity index (χ3n) is 16.6. The van der Waals surface area contributed by atoms with Crippen LogP contribution in [0.5, 0.6) is 0 Å². The van der Waals surface area contributed by atoms with Crippen molar-refractivity contribution in [1.82, 2.24) is 60.9 Å². The highest BCUT2D eigenvalue weighted by Gasteiger charge is 2.46. The molecule has 12 amide bonds. The maximum absolute atomic E-state index is 15.3. The van der Waals surface area contributed by atoms with E-state index in [9.17, 15) is 48.3 Å². The van der Waals surface area contributed by atoms with E-state index >= 15 is 14.4 Å². The van der Waals surface area contributed by atoms with E-state index in [-0.39, 0.29) is 68.8 Å². The summed E-state index contributed by atoms with van der Waals surface area (Å²) >= 11 is 0. The van der Waals surface area contributed by atoms with Crippen LogP contribution in [0.15, 0.2) is 12.2 Å². The van der Waals surface area contributed by atoms with E-state index in [2.05, 4.69) is 26.6 Å². The number of aliphatic hydroxyl groups excluding tert-OH is 1. The molecule has 2 unspecified atom stereocenters. The molecule has 91 heavy (non-hydrogen) atoms. The van der Waals surface area contributed by atoms with E-state index in [1.54, 1.807) is 60.6 Å². The fourth-order valence-electron chi connectivity index (χ4n) is 11.0. The van der Waals surface area contributed by atoms with E-state index in [4.69, 9.17) is 4.74 Å². The number of likely N-dealkylation sites (N-methyl/N-ethyl adjacent to an activating group) is 7. The summed E-state index contributed by atoms with van der Waals surface area (Å²) in [4.78, 5) is 181. The first kappa shape index (κ1) is 82.2. The second kappa shape index (κ2) is 38.2. The molecule has 0 aromatic rings. The predicted octanol–water partition coefficient (Wildman–Crippen LogP) is 3.00. The van der Waals surface area contributed by atoms with Gasteiger partial charge in [-0.1, -0.05) is 109 Å². The second-order valence-electron chi connectivity index (χ2n) is 27.1. The molecule has 0 radical (unpaired) electrons. The van der Waals surface area contributed by atoms with E-state index < -0.39 is 162 Å². The van der Waals surface area contributed by atoms with Crippen molar-refractivity contribution >= 4 is 71.1 Å². The maximum atomic E-state index is 15.3. The zero-order valence-corrected chi connectivity index (χ0v) is 59.3. The molecular formula is C65H116N12O14. The van der Waals surface area contributed by atoms with Crippen LogP contribution in [0.2, 0.25) is 0 Å². The molecule has 1 saturated heterocycles. The highest BCUT2D eigenvalue weighted by molar-refractivity contribution is 5.99. The van der Waals surface area contributed by atoms with E-state index in [0.717, 1.165) is 9.80 Å². The minimum atomic E-state index is -1.71. The van der Waals surface area contributed by atoms with Gasteiger partial charge in [0.05, 0.1) is 12.6 Å². The van der Waals surface area contributed by atoms with E-state index in [1.807, 2.05) is 55.4 Å². The SMILES string of the molecule is CCNC(=O)OC/C=C/C[C@@H](C)[C@@H](O)C1C(=O)N[C@@H](CC)C(=O)N(C)CC(=O)N(C)[C@@H](CC(C)C)C(=O)N[C@@H](C(C)C)C(=O)N(C)C(CC(C)C)C(=O)N[C@@H](C)C(=O)N[C@H](C)C(=O)N(C)[C@@H](CC(C)C)C(=O)N(C)[C@@H](CC(C)C)C(=O)N(C)[C@@H](C(C)C)C(=O)N1C. The van der Waals surface area contributed by atoms with Crippen molar-refractivity contribution in [2.45, 2.75) is 223 Å². The number of hydrogen-bond donors (Lipinski definition) is 6. The first-order valence-corrected chi connectivity index (χ1v) is 32.4. The number of hydrogen-bond acceptors (Lipinski definition) is 14. The summed E-state index contributed by atoms with van der Waals surface area (Å²) in [5, 5.41) is 25.7. The van der Waals surface area contributed by atoms with Gasteiger partial charge in [0.25, 0.3) is 0 Å². The molecule has 6 N–H and O–H groups in total. The summed E-state index contributed by atoms with van der Waals surface area (Å²) in [7, 11) is 9.77. The number of nitrogens with one attached hydrogen (secondary N) is 5. The lowest BCUT2D eigenvalue weighted by atomic mass is 9.91. The first-order valence-electron chi connectivity index (χ1n) is 32.4. The number of rotatable bonds is 18. The van der Waals surface area contributed by atoms with Gasteiger partial charge in [-0.15, -0.1) is 0 Å². The average molecular weight is 1290 g/mol. The summed E-state index contributed by atoms with van der Waals surface area (Å²) in [6.07, 6.45) is 1.56. The Morgan fingerprint density at radius 3 is 1.42 bits per heavy atom. The van der Waals surface area contributed by atoms with Crippen molar-refractivity contribution in [2.75, 3.05) is 69.0 Å². The summed E-state index contributed by atoms with van der Waals surface area (Å²) in [5.41, 5.74) is 0. The molecule has 0 aromatic heterocycles. The molecule has 0 aromatic carbocycles. The lowest BCUT2D eigenvalue weighted by Gasteiger charge is -2.41. The van der Waals surface area contributed by atoms with Crippen molar-refractivity contribution in [1.29, 1.82) is 0 Å². The van der Waals surface area contributed by atoms with Gasteiger partial charge >= 0.3 is 6.09 Å². The Morgan fingerprint density at radius 2 is 0.945 bits per heavy atom. The zero-order valence-electron chi connectivity index (χ0n) is 59.3. The lowest BCUT2D eigenvalue weighted by molar-refractivity contribution is -0.157. The predicted molar refractivity (Wildman–Crippen MR) is 348 cm³/mol. The molecule has 1 rings (SSSR count). The van der Waals surface area contributed by atoms with Crippen LogP contribution in [0, 0.1) is 41.4 Å². The Kier molecular flexibility index (Phi) is 34.5. The van der Waals surface area contributed by atoms with Gasteiger partial charge in [0, 0.05) is 55.9 Å². The van der Waals surface area contributed by atoms with Crippen molar-refractivity contribution in [2.24, 2.45) is 41.4 Å². The van der Waals surface area contributed by atoms with Gasteiger partial charge in [-0.05, 0) is 101 Å². The van der Waals surface area contributed by atoms with Crippen molar-refractivity contribution < 1.29 is 67.4 Å². The van der Waals surface area contributed by atoms with Crippen LogP contribution in [0.1, 0.15) is 156 Å². The molecule has 1 heterocycles. The Morgan fingerprint density at radius 1 is 0.505 bits per heavy atom. The van der Waals surface area contributed by atoms with Crippen molar-refractivity contribution in [3.63, 3.8) is 0 Å². The number of ether oxygens (including phenoxy) is 1. The molecule has 0 spiro atoms. The number of carbonyl (C=O) groups is 12. The Balaban J connectivity index is 4.35. The van der Waals surface area contributed by atoms with Crippen molar-refractivity contribution in [3.05, 3.63) is 12.2 Å².